The zero-order valence-electron chi connectivity index (χ0n) is 22.6. The van der Waals surface area contributed by atoms with E-state index in [1.54, 1.807) is 0 Å². The number of rotatable bonds is 6. The molecule has 2 bridgehead atoms. The largest absolute Gasteiger partial charge is 0.465 e. The van der Waals surface area contributed by atoms with E-state index in [2.05, 4.69) is 13.8 Å². The lowest BCUT2D eigenvalue weighted by Crippen LogP contribution is -2.63. The van der Waals surface area contributed by atoms with E-state index >= 15 is 0 Å². The summed E-state index contributed by atoms with van der Waals surface area (Å²) in [6.07, 6.45) is 6.48. The van der Waals surface area contributed by atoms with E-state index in [-0.39, 0.29) is 58.6 Å². The molecule has 8 heteroatoms. The molecule has 0 heterocycles. The van der Waals surface area contributed by atoms with Gasteiger partial charge in [0.15, 0.2) is 0 Å². The van der Waals surface area contributed by atoms with Crippen molar-refractivity contribution in [1.29, 1.82) is 0 Å². The van der Waals surface area contributed by atoms with Crippen molar-refractivity contribution in [2.24, 2.45) is 34.0 Å². The summed E-state index contributed by atoms with van der Waals surface area (Å²) in [4.78, 5) is 48.1. The molecule has 36 heavy (non-hydrogen) atoms. The summed E-state index contributed by atoms with van der Waals surface area (Å²) in [7, 11) is 0. The van der Waals surface area contributed by atoms with Gasteiger partial charge in [0.05, 0.1) is 6.61 Å². The Morgan fingerprint density at radius 3 is 2.08 bits per heavy atom. The minimum Gasteiger partial charge on any atom is -0.465 e. The lowest BCUT2D eigenvalue weighted by molar-refractivity contribution is -0.221. The van der Waals surface area contributed by atoms with Crippen LogP contribution >= 0.6 is 0 Å². The molecule has 0 N–H and O–H groups in total. The van der Waals surface area contributed by atoms with Crippen molar-refractivity contribution in [3.8, 4) is 0 Å². The zero-order valence-corrected chi connectivity index (χ0v) is 22.6. The number of carbonyl (C=O) groups is 4. The lowest BCUT2D eigenvalue weighted by Gasteiger charge is -2.65. The van der Waals surface area contributed by atoms with Crippen LogP contribution in [0.3, 0.4) is 0 Å². The first-order valence-electron chi connectivity index (χ1n) is 13.4. The third-order valence-electron chi connectivity index (χ3n) is 10.3. The normalized spacial score (nSPS) is 42.9. The maximum absolute atomic E-state index is 12.4. The van der Waals surface area contributed by atoms with Crippen LogP contribution < -0.4 is 0 Å². The van der Waals surface area contributed by atoms with Gasteiger partial charge in [0.1, 0.15) is 18.3 Å². The fourth-order valence-corrected chi connectivity index (χ4v) is 9.23. The van der Waals surface area contributed by atoms with Crippen molar-refractivity contribution in [3.05, 3.63) is 0 Å². The smallest absolute Gasteiger partial charge is 0.303 e. The standard InChI is InChI=1S/C28H42O8/c1-17(29)33-15-25(5)10-7-11-26(6)22-9-8-21-13-27(22,24(12-23(25)26)35-19(3)31)14-28(21,36-20(4)32)16-34-18(2)30/h21-24H,7-16H2,1-6H3/t21-,22+,23?,24+,25-,26+,27-,28+/m1/s1. The Morgan fingerprint density at radius 2 is 1.47 bits per heavy atom. The van der Waals surface area contributed by atoms with Gasteiger partial charge >= 0.3 is 23.9 Å². The predicted octanol–water partition coefficient (Wildman–Crippen LogP) is 4.37. The fraction of sp³-hybridized carbons (Fsp3) is 0.857. The number of hydrogen-bond acceptors (Lipinski definition) is 8. The van der Waals surface area contributed by atoms with Crippen LogP contribution in [0.25, 0.3) is 0 Å². The molecular weight excluding hydrogens is 464 g/mol. The summed E-state index contributed by atoms with van der Waals surface area (Å²) < 4.78 is 23.2. The van der Waals surface area contributed by atoms with Crippen molar-refractivity contribution in [2.45, 2.75) is 105 Å². The fourth-order valence-electron chi connectivity index (χ4n) is 9.23. The molecule has 4 aliphatic rings. The Hall–Kier alpha value is -2.12. The highest BCUT2D eigenvalue weighted by atomic mass is 16.6. The second-order valence-electron chi connectivity index (χ2n) is 12.6. The van der Waals surface area contributed by atoms with E-state index in [9.17, 15) is 19.2 Å². The molecule has 0 radical (unpaired) electrons. The van der Waals surface area contributed by atoms with Crippen molar-refractivity contribution in [1.82, 2.24) is 0 Å². The van der Waals surface area contributed by atoms with E-state index in [1.165, 1.54) is 27.7 Å². The highest BCUT2D eigenvalue weighted by molar-refractivity contribution is 5.68. The molecule has 4 fully saturated rings. The van der Waals surface area contributed by atoms with E-state index < -0.39 is 17.5 Å². The molecule has 0 aromatic rings. The molecule has 0 amide bonds. The van der Waals surface area contributed by atoms with Gasteiger partial charge in [-0.25, -0.2) is 0 Å². The van der Waals surface area contributed by atoms with Gasteiger partial charge < -0.3 is 18.9 Å². The number of carbonyl (C=O) groups excluding carboxylic acids is 4. The van der Waals surface area contributed by atoms with Gasteiger partial charge in [-0.1, -0.05) is 20.3 Å². The van der Waals surface area contributed by atoms with Crippen LogP contribution in [0.1, 0.15) is 92.9 Å². The summed E-state index contributed by atoms with van der Waals surface area (Å²) in [6, 6.07) is 0. The van der Waals surface area contributed by atoms with E-state index in [1.807, 2.05) is 0 Å². The highest BCUT2D eigenvalue weighted by Crippen LogP contribution is 2.73. The first-order chi connectivity index (χ1) is 16.8. The number of esters is 4. The summed E-state index contributed by atoms with van der Waals surface area (Å²) in [5.41, 5.74) is -1.53. The van der Waals surface area contributed by atoms with Crippen LogP contribution in [0.2, 0.25) is 0 Å². The molecule has 8 atom stereocenters. The predicted molar refractivity (Wildman–Crippen MR) is 129 cm³/mol. The molecule has 0 saturated heterocycles. The maximum Gasteiger partial charge on any atom is 0.303 e. The van der Waals surface area contributed by atoms with Crippen molar-refractivity contribution in [2.75, 3.05) is 13.2 Å². The van der Waals surface area contributed by atoms with Crippen molar-refractivity contribution < 1.29 is 38.1 Å². The molecule has 1 unspecified atom stereocenters. The Labute approximate surface area is 214 Å². The summed E-state index contributed by atoms with van der Waals surface area (Å²) in [5.74, 6) is -0.897. The van der Waals surface area contributed by atoms with Gasteiger partial charge in [-0.3, -0.25) is 19.2 Å². The number of fused-ring (bicyclic) bond motifs is 3. The van der Waals surface area contributed by atoms with Crippen LogP contribution in [0, 0.1) is 34.0 Å². The van der Waals surface area contributed by atoms with Crippen molar-refractivity contribution >= 4 is 23.9 Å². The molecule has 202 valence electrons. The van der Waals surface area contributed by atoms with Crippen LogP contribution in [-0.4, -0.2) is 48.8 Å². The molecule has 0 aromatic carbocycles. The Morgan fingerprint density at radius 1 is 0.806 bits per heavy atom. The molecular formula is C28H42O8. The SMILES string of the molecule is CC(=O)OC[C@@]1(C)CCC[C@]2(C)C1C[C@H](OC(C)=O)[C@@]13C[C@@H](CC[C@H]12)[C@](COC(C)=O)(OC(C)=O)C3. The van der Waals surface area contributed by atoms with Crippen LogP contribution in [0.4, 0.5) is 0 Å². The van der Waals surface area contributed by atoms with Gasteiger partial charge in [0, 0.05) is 50.9 Å². The van der Waals surface area contributed by atoms with E-state index in [0.717, 1.165) is 38.5 Å². The molecule has 8 nitrogen and oxygen atoms in total. The maximum atomic E-state index is 12.4. The summed E-state index contributed by atoms with van der Waals surface area (Å²) >= 11 is 0. The minimum atomic E-state index is -0.913. The van der Waals surface area contributed by atoms with Gasteiger partial charge in [-0.2, -0.15) is 0 Å². The van der Waals surface area contributed by atoms with Crippen molar-refractivity contribution in [3.63, 3.8) is 0 Å². The number of hydrogen-bond donors (Lipinski definition) is 0. The molecule has 4 rings (SSSR count). The number of ether oxygens (including phenoxy) is 4. The quantitative estimate of drug-likeness (QED) is 0.386. The second kappa shape index (κ2) is 9.32. The molecule has 0 aromatic heterocycles. The second-order valence-corrected chi connectivity index (χ2v) is 12.6. The third-order valence-corrected chi connectivity index (χ3v) is 10.3. The molecule has 4 aliphatic carbocycles. The first-order valence-corrected chi connectivity index (χ1v) is 13.4. The van der Waals surface area contributed by atoms with E-state index in [0.29, 0.717) is 19.4 Å². The Balaban J connectivity index is 1.76. The molecule has 4 saturated carbocycles. The highest BCUT2D eigenvalue weighted by Gasteiger charge is 2.72. The lowest BCUT2D eigenvalue weighted by atomic mass is 9.40. The molecule has 0 aliphatic heterocycles. The van der Waals surface area contributed by atoms with Gasteiger partial charge in [-0.05, 0) is 55.8 Å². The van der Waals surface area contributed by atoms with Gasteiger partial charge in [0.2, 0.25) is 0 Å². The van der Waals surface area contributed by atoms with Crippen LogP contribution in [0.5, 0.6) is 0 Å². The zero-order chi connectivity index (χ0) is 26.5. The van der Waals surface area contributed by atoms with E-state index in [4.69, 9.17) is 18.9 Å². The average molecular weight is 507 g/mol. The Bertz CT molecular complexity index is 931. The van der Waals surface area contributed by atoms with Gasteiger partial charge in [-0.15, -0.1) is 0 Å². The van der Waals surface area contributed by atoms with Crippen LogP contribution in [-0.2, 0) is 38.1 Å². The minimum absolute atomic E-state index is 0.0259. The van der Waals surface area contributed by atoms with Crippen LogP contribution in [0.15, 0.2) is 0 Å². The topological polar surface area (TPSA) is 105 Å². The average Bonchev–Trinajstić information content (AvgIpc) is 2.99. The summed E-state index contributed by atoms with van der Waals surface area (Å²) in [5, 5.41) is 0. The monoisotopic (exact) mass is 506 g/mol. The van der Waals surface area contributed by atoms with Gasteiger partial charge in [0.25, 0.3) is 0 Å². The summed E-state index contributed by atoms with van der Waals surface area (Å²) in [6.45, 7) is 10.6. The Kier molecular flexibility index (Phi) is 6.97. The molecule has 1 spiro atoms. The third kappa shape index (κ3) is 4.43. The first kappa shape index (κ1) is 26.9.